The fourth-order valence-electron chi connectivity index (χ4n) is 4.06. The molecule has 2 fully saturated rings. The second-order valence-electron chi connectivity index (χ2n) is 7.65. The van der Waals surface area contributed by atoms with Crippen LogP contribution in [0.2, 0.25) is 0 Å². The Balaban J connectivity index is 1.33. The van der Waals surface area contributed by atoms with Crippen LogP contribution in [0.3, 0.4) is 0 Å². The van der Waals surface area contributed by atoms with Crippen molar-refractivity contribution in [3.63, 3.8) is 0 Å². The normalized spacial score (nSPS) is 24.8. The maximum atomic E-state index is 11.0. The number of nitrogens with zero attached hydrogens (tertiary/aromatic N) is 5. The molecule has 4 rings (SSSR count). The van der Waals surface area contributed by atoms with E-state index in [4.69, 9.17) is 0 Å². The summed E-state index contributed by atoms with van der Waals surface area (Å²) < 4.78 is 0. The van der Waals surface area contributed by atoms with E-state index in [0.717, 1.165) is 56.9 Å². The van der Waals surface area contributed by atoms with Crippen LogP contribution >= 0.6 is 0 Å². The van der Waals surface area contributed by atoms with Crippen LogP contribution in [0.5, 0.6) is 0 Å². The van der Waals surface area contributed by atoms with E-state index in [1.54, 1.807) is 6.20 Å². The molecule has 0 amide bonds. The average molecular weight is 353 g/mol. The first kappa shape index (κ1) is 17.5. The molecule has 1 atom stereocenters. The molecule has 1 N–H and O–H groups in total. The summed E-state index contributed by atoms with van der Waals surface area (Å²) in [7, 11) is 0. The lowest BCUT2D eigenvalue weighted by molar-refractivity contribution is 0.00634. The van der Waals surface area contributed by atoms with Crippen molar-refractivity contribution in [3.05, 3.63) is 42.4 Å². The van der Waals surface area contributed by atoms with Gasteiger partial charge in [0.15, 0.2) is 5.82 Å². The minimum atomic E-state index is -0.577. The summed E-state index contributed by atoms with van der Waals surface area (Å²) in [5.74, 6) is 0.650. The zero-order valence-corrected chi connectivity index (χ0v) is 15.2. The van der Waals surface area contributed by atoms with Gasteiger partial charge in [0.1, 0.15) is 5.69 Å². The van der Waals surface area contributed by atoms with Gasteiger partial charge in [0.05, 0.1) is 5.60 Å². The molecule has 0 saturated carbocycles. The van der Waals surface area contributed by atoms with E-state index in [2.05, 4.69) is 24.8 Å². The highest BCUT2D eigenvalue weighted by Crippen LogP contribution is 2.25. The maximum Gasteiger partial charge on any atom is 0.178 e. The lowest BCUT2D eigenvalue weighted by Gasteiger charge is -2.33. The molecule has 6 nitrogen and oxygen atoms in total. The SMILES string of the molecule is O[C@@]1(CN2CCCCC2)CCN(Cc2cnc(-c3ccccn3)nc2)C1. The molecule has 138 valence electrons. The highest BCUT2D eigenvalue weighted by molar-refractivity contribution is 5.47. The van der Waals surface area contributed by atoms with E-state index in [1.165, 1.54) is 19.3 Å². The first-order chi connectivity index (χ1) is 12.7. The van der Waals surface area contributed by atoms with Crippen molar-refractivity contribution in [1.29, 1.82) is 0 Å². The number of aliphatic hydroxyl groups is 1. The largest absolute Gasteiger partial charge is 0.387 e. The fourth-order valence-corrected chi connectivity index (χ4v) is 4.06. The zero-order chi connectivity index (χ0) is 17.8. The Morgan fingerprint density at radius 1 is 0.962 bits per heavy atom. The first-order valence-electron chi connectivity index (χ1n) is 9.60. The lowest BCUT2D eigenvalue weighted by atomic mass is 10.0. The van der Waals surface area contributed by atoms with Crippen LogP contribution in [0, 0.1) is 0 Å². The number of pyridine rings is 1. The third-order valence-corrected chi connectivity index (χ3v) is 5.38. The van der Waals surface area contributed by atoms with Crippen LogP contribution < -0.4 is 0 Å². The monoisotopic (exact) mass is 353 g/mol. The molecule has 0 aromatic carbocycles. The molecule has 0 radical (unpaired) electrons. The molecule has 2 saturated heterocycles. The van der Waals surface area contributed by atoms with Gasteiger partial charge < -0.3 is 10.0 Å². The molecule has 0 unspecified atom stereocenters. The summed E-state index contributed by atoms with van der Waals surface area (Å²) in [6, 6.07) is 5.74. The molecule has 2 aliphatic heterocycles. The molecular weight excluding hydrogens is 326 g/mol. The molecule has 2 aliphatic rings. The van der Waals surface area contributed by atoms with Crippen LogP contribution in [-0.2, 0) is 6.54 Å². The summed E-state index contributed by atoms with van der Waals surface area (Å²) in [6.45, 7) is 5.50. The predicted octanol–water partition coefficient (Wildman–Crippen LogP) is 1.96. The summed E-state index contributed by atoms with van der Waals surface area (Å²) in [6.07, 6.45) is 10.2. The van der Waals surface area contributed by atoms with E-state index in [-0.39, 0.29) is 0 Å². The third kappa shape index (κ3) is 4.26. The van der Waals surface area contributed by atoms with Crippen molar-refractivity contribution in [1.82, 2.24) is 24.8 Å². The number of hydrogen-bond donors (Lipinski definition) is 1. The highest BCUT2D eigenvalue weighted by Gasteiger charge is 2.37. The van der Waals surface area contributed by atoms with Crippen LogP contribution in [0.1, 0.15) is 31.2 Å². The lowest BCUT2D eigenvalue weighted by Crippen LogP contribution is -2.46. The molecule has 0 spiro atoms. The van der Waals surface area contributed by atoms with Gasteiger partial charge >= 0.3 is 0 Å². The number of piperidine rings is 1. The van der Waals surface area contributed by atoms with Gasteiger partial charge in [0.25, 0.3) is 0 Å². The van der Waals surface area contributed by atoms with Crippen LogP contribution in [-0.4, -0.2) is 68.2 Å². The third-order valence-electron chi connectivity index (χ3n) is 5.38. The number of aromatic nitrogens is 3. The number of hydrogen-bond acceptors (Lipinski definition) is 6. The number of β-amino-alcohol motifs (C(OH)–C–C–N with tert-alkyl or cyclic N) is 1. The van der Waals surface area contributed by atoms with Crippen molar-refractivity contribution < 1.29 is 5.11 Å². The van der Waals surface area contributed by atoms with E-state index >= 15 is 0 Å². The van der Waals surface area contributed by atoms with E-state index < -0.39 is 5.60 Å². The van der Waals surface area contributed by atoms with Gasteiger partial charge in [-0.05, 0) is 44.5 Å². The maximum absolute atomic E-state index is 11.0. The Bertz CT molecular complexity index is 702. The average Bonchev–Trinajstić information content (AvgIpc) is 3.04. The highest BCUT2D eigenvalue weighted by atomic mass is 16.3. The van der Waals surface area contributed by atoms with Crippen LogP contribution in [0.25, 0.3) is 11.5 Å². The zero-order valence-electron chi connectivity index (χ0n) is 15.2. The second-order valence-corrected chi connectivity index (χ2v) is 7.65. The molecule has 26 heavy (non-hydrogen) atoms. The topological polar surface area (TPSA) is 65.4 Å². The van der Waals surface area contributed by atoms with Gasteiger partial charge in [-0.1, -0.05) is 12.5 Å². The predicted molar refractivity (Wildman–Crippen MR) is 100 cm³/mol. The molecule has 0 aliphatic carbocycles. The standard InChI is InChI=1S/C20H27N5O/c26-20(15-24-9-4-1-5-10-24)7-11-25(16-20)14-17-12-22-19(23-13-17)18-6-2-3-8-21-18/h2-3,6,8,12-13,26H,1,4-5,7,9-11,14-16H2/t20-/m1/s1. The van der Waals surface area contributed by atoms with Crippen molar-refractivity contribution >= 4 is 0 Å². The van der Waals surface area contributed by atoms with Gasteiger partial charge in [-0.3, -0.25) is 9.88 Å². The first-order valence-corrected chi connectivity index (χ1v) is 9.60. The molecular formula is C20H27N5O. The Hall–Kier alpha value is -1.89. The van der Waals surface area contributed by atoms with Gasteiger partial charge in [-0.2, -0.15) is 0 Å². The number of rotatable bonds is 5. The fraction of sp³-hybridized carbons (Fsp3) is 0.550. The van der Waals surface area contributed by atoms with Gasteiger partial charge in [-0.15, -0.1) is 0 Å². The Labute approximate surface area is 154 Å². The number of likely N-dealkylation sites (tertiary alicyclic amines) is 2. The summed E-state index contributed by atoms with van der Waals surface area (Å²) in [4.78, 5) is 17.9. The van der Waals surface area contributed by atoms with E-state index in [0.29, 0.717) is 5.82 Å². The van der Waals surface area contributed by atoms with Crippen LogP contribution in [0.15, 0.2) is 36.8 Å². The Morgan fingerprint density at radius 2 is 1.77 bits per heavy atom. The minimum absolute atomic E-state index is 0.577. The van der Waals surface area contributed by atoms with E-state index in [1.807, 2.05) is 30.6 Å². The van der Waals surface area contributed by atoms with Crippen LogP contribution in [0.4, 0.5) is 0 Å². The quantitative estimate of drug-likeness (QED) is 0.886. The van der Waals surface area contributed by atoms with Gasteiger partial charge in [-0.25, -0.2) is 9.97 Å². The van der Waals surface area contributed by atoms with Crippen molar-refractivity contribution in [2.75, 3.05) is 32.7 Å². The van der Waals surface area contributed by atoms with E-state index in [9.17, 15) is 5.11 Å². The molecule has 0 bridgehead atoms. The molecule has 2 aromatic heterocycles. The minimum Gasteiger partial charge on any atom is -0.387 e. The summed E-state index contributed by atoms with van der Waals surface area (Å²) in [5.41, 5.74) is 1.29. The summed E-state index contributed by atoms with van der Waals surface area (Å²) in [5, 5.41) is 11.0. The molecule has 4 heterocycles. The van der Waals surface area contributed by atoms with Gasteiger partial charge in [0, 0.05) is 50.3 Å². The second kappa shape index (κ2) is 7.78. The molecule has 6 heteroatoms. The van der Waals surface area contributed by atoms with Crippen molar-refractivity contribution in [2.24, 2.45) is 0 Å². The Morgan fingerprint density at radius 3 is 2.50 bits per heavy atom. The Kier molecular flexibility index (Phi) is 5.24. The summed E-state index contributed by atoms with van der Waals surface area (Å²) >= 11 is 0. The smallest absolute Gasteiger partial charge is 0.178 e. The molecule has 2 aromatic rings. The van der Waals surface area contributed by atoms with Gasteiger partial charge in [0.2, 0.25) is 0 Å². The van der Waals surface area contributed by atoms with Crippen molar-refractivity contribution in [3.8, 4) is 11.5 Å². The van der Waals surface area contributed by atoms with Crippen molar-refractivity contribution in [2.45, 2.75) is 37.8 Å².